The molecule has 51 heteroatoms. The number of phenols is 1. The van der Waals surface area contributed by atoms with E-state index in [1.54, 1.807) is 27.7 Å². The van der Waals surface area contributed by atoms with Crippen molar-refractivity contribution in [3.05, 3.63) is 29.8 Å². The lowest BCUT2D eigenvalue weighted by atomic mass is 9.96. The average Bonchev–Trinajstić information content (AvgIpc) is 0.846. The molecule has 18 unspecified atom stereocenters. The molecule has 35 N–H and O–H groups in total. The number of hydrogen-bond donors (Lipinski definition) is 30. The van der Waals surface area contributed by atoms with Gasteiger partial charge in [-0.2, -0.15) is 0 Å². The van der Waals surface area contributed by atoms with Crippen LogP contribution in [-0.4, -0.2) is 301 Å². The Morgan fingerprint density at radius 2 is 0.756 bits per heavy atom. The minimum absolute atomic E-state index is 0.0434. The number of carboxylic acids is 3. The second-order valence-electron chi connectivity index (χ2n) is 29.1. The van der Waals surface area contributed by atoms with E-state index in [0.29, 0.717) is 0 Å². The topological polar surface area (TPSA) is 867 Å². The third-order valence-electron chi connectivity index (χ3n) is 18.3. The number of carbonyl (C=O) groups is 21. The lowest BCUT2D eigenvalue weighted by molar-refractivity contribution is -0.143. The Bertz CT molecular complexity index is 3910. The summed E-state index contributed by atoms with van der Waals surface area (Å²) in [5, 5.41) is 123. The van der Waals surface area contributed by atoms with Crippen LogP contribution in [0.5, 0.6) is 5.75 Å². The zero-order chi connectivity index (χ0) is 94.0. The molecule has 0 saturated carbocycles. The molecular formula is C72H116N22O29. The van der Waals surface area contributed by atoms with Crippen molar-refractivity contribution in [2.24, 2.45) is 46.4 Å². The number of nitrogens with one attached hydrogen (secondary N) is 17. The number of aliphatic hydroxyl groups is 4. The van der Waals surface area contributed by atoms with E-state index in [2.05, 4.69) is 53.2 Å². The molecule has 0 radical (unpaired) electrons. The summed E-state index contributed by atoms with van der Waals surface area (Å²) in [6.07, 6.45) is -9.35. The first-order valence-corrected chi connectivity index (χ1v) is 38.6. The summed E-state index contributed by atoms with van der Waals surface area (Å²) < 4.78 is 0. The van der Waals surface area contributed by atoms with E-state index in [0.717, 1.165) is 13.8 Å². The molecule has 0 aliphatic carbocycles. The van der Waals surface area contributed by atoms with E-state index < -0.39 is 316 Å². The number of amides is 18. The lowest BCUT2D eigenvalue weighted by Gasteiger charge is -2.30. The fourth-order valence-electron chi connectivity index (χ4n) is 11.2. The van der Waals surface area contributed by atoms with E-state index in [1.165, 1.54) is 38.1 Å². The molecule has 0 aliphatic heterocycles. The highest BCUT2D eigenvalue weighted by Crippen LogP contribution is 2.17. The van der Waals surface area contributed by atoms with Crippen molar-refractivity contribution in [1.82, 2.24) is 85.1 Å². The zero-order valence-corrected chi connectivity index (χ0v) is 68.8. The molecule has 51 nitrogen and oxygen atoms in total. The zero-order valence-electron chi connectivity index (χ0n) is 68.8. The molecule has 1 aromatic carbocycles. The quantitative estimate of drug-likeness (QED) is 0.0164. The molecule has 0 aromatic heterocycles. The molecule has 0 heterocycles. The number of benzene rings is 1. The van der Waals surface area contributed by atoms with Crippen molar-refractivity contribution in [3.8, 4) is 5.75 Å². The van der Waals surface area contributed by atoms with Crippen LogP contribution >= 0.6 is 0 Å². The lowest BCUT2D eigenvalue weighted by Crippen LogP contribution is -2.62. The number of carboxylic acid groups (broad SMARTS) is 3. The molecule has 18 amide bonds. The van der Waals surface area contributed by atoms with Crippen LogP contribution in [0.15, 0.2) is 24.3 Å². The predicted octanol–water partition coefficient (Wildman–Crippen LogP) is -13.0. The van der Waals surface area contributed by atoms with Crippen LogP contribution in [-0.2, 0) is 107 Å². The predicted molar refractivity (Wildman–Crippen MR) is 424 cm³/mol. The second kappa shape index (κ2) is 54.3. The standard InChI is InChI=1S/C72H116N22O29/c1-9-31(5)54(67(118)86-40(20-30(3)4)62(113)83-38(17-18-47(74)100)61(112)92-55(32(6)10-2)68(119)87-42(23-49(76)102)63(114)90-46(29-96)65(116)84-39(71(122)123)12-11-19-79-72(77)78)91-51(104)27-81-59(110)41(21-35-13-15-36(99)16-14-35)85-64(115)44(25-53(107)108)89-70(121)57(34(8)98)94-66(117)45(28-95)82-50(103)26-80-60(111)43(24-52(105)106)88-69(120)56(33(7)97)93-58(109)37(73)22-48(75)101/h13-16,30-34,37-46,54-57,95-99H,9-12,17-29,73H2,1-8H3,(H2,74,100)(H2,75,101)(H2,76,102)(H,80,111)(H,81,110)(H,82,103)(H,83,113)(H,84,116)(H,85,115)(H,86,118)(H,87,119)(H,88,120)(H,89,121)(H,90,114)(H,91,104)(H,92,112)(H,93,109)(H,94,117)(H,105,106)(H,107,108)(H,122,123)(H4,77,78,79). The Morgan fingerprint density at radius 3 is 1.20 bits per heavy atom. The van der Waals surface area contributed by atoms with Crippen molar-refractivity contribution in [3.63, 3.8) is 0 Å². The monoisotopic (exact) mass is 1750 g/mol. The third-order valence-corrected chi connectivity index (χ3v) is 18.3. The number of phenolic OH excluding ortho intramolecular Hbond substituents is 1. The first-order chi connectivity index (χ1) is 57.4. The SMILES string of the molecule is CCC(C)C(NC(=O)CNC(=O)C(Cc1ccc(O)cc1)NC(=O)C(CC(=O)O)NC(=O)C(NC(=O)C(CO)NC(=O)CNC(=O)C(CC(=O)O)NC(=O)C(NC(=O)C(N)CC(N)=O)C(C)O)C(C)O)C(=O)NC(CC(C)C)C(=O)NC(CCC(N)=O)C(=O)NC(C(=O)NC(CC(N)=O)C(=O)NC(CO)C(=O)NC(CCCNC(=N)N)C(=O)O)C(C)CC. The molecule has 0 bridgehead atoms. The van der Waals surface area contributed by atoms with E-state index >= 15 is 0 Å². The van der Waals surface area contributed by atoms with Gasteiger partial charge < -0.3 is 155 Å². The summed E-state index contributed by atoms with van der Waals surface area (Å²) in [5.41, 5.74) is 26.9. The van der Waals surface area contributed by atoms with E-state index in [4.69, 9.17) is 34.1 Å². The number of aliphatic carboxylic acids is 3. The largest absolute Gasteiger partial charge is 0.508 e. The van der Waals surface area contributed by atoms with Gasteiger partial charge in [0.15, 0.2) is 5.96 Å². The summed E-state index contributed by atoms with van der Waals surface area (Å²) in [6, 6.07) is -20.6. The van der Waals surface area contributed by atoms with Gasteiger partial charge in [-0.05, 0) is 75.0 Å². The van der Waals surface area contributed by atoms with Crippen LogP contribution in [0.25, 0.3) is 0 Å². The van der Waals surface area contributed by atoms with Gasteiger partial charge in [0.05, 0.1) is 70.2 Å². The highest BCUT2D eigenvalue weighted by Gasteiger charge is 2.40. The maximum absolute atomic E-state index is 14.4. The van der Waals surface area contributed by atoms with Crippen LogP contribution < -0.4 is 114 Å². The van der Waals surface area contributed by atoms with Crippen LogP contribution in [0.3, 0.4) is 0 Å². The smallest absolute Gasteiger partial charge is 0.326 e. The van der Waals surface area contributed by atoms with Gasteiger partial charge in [0.25, 0.3) is 0 Å². The van der Waals surface area contributed by atoms with Crippen LogP contribution in [0.4, 0.5) is 0 Å². The summed E-state index contributed by atoms with van der Waals surface area (Å²) >= 11 is 0. The molecule has 0 fully saturated rings. The van der Waals surface area contributed by atoms with Gasteiger partial charge in [0, 0.05) is 19.4 Å². The maximum atomic E-state index is 14.4. The normalized spacial score (nSPS) is 15.4. The number of aromatic hydroxyl groups is 1. The Balaban J connectivity index is 3.52. The van der Waals surface area contributed by atoms with Crippen LogP contribution in [0.1, 0.15) is 132 Å². The van der Waals surface area contributed by atoms with Gasteiger partial charge in [-0.3, -0.25) is 101 Å². The molecule has 0 spiro atoms. The Hall–Kier alpha value is -13.0. The first kappa shape index (κ1) is 108. The molecule has 1 aromatic rings. The number of guanidine groups is 1. The highest BCUT2D eigenvalue weighted by atomic mass is 16.4. The first-order valence-electron chi connectivity index (χ1n) is 38.6. The van der Waals surface area contributed by atoms with E-state index in [1.807, 2.05) is 31.9 Å². The summed E-state index contributed by atoms with van der Waals surface area (Å²) in [5.74, 6) is -29.5. The average molecular weight is 1750 g/mol. The molecule has 123 heavy (non-hydrogen) atoms. The van der Waals surface area contributed by atoms with Gasteiger partial charge >= 0.3 is 17.9 Å². The molecule has 18 atom stereocenters. The third kappa shape index (κ3) is 40.7. The molecule has 688 valence electrons. The molecular weight excluding hydrogens is 1640 g/mol. The Morgan fingerprint density at radius 1 is 0.390 bits per heavy atom. The van der Waals surface area contributed by atoms with Crippen LogP contribution in [0.2, 0.25) is 0 Å². The van der Waals surface area contributed by atoms with Crippen molar-refractivity contribution < 1.29 is 142 Å². The molecule has 1 rings (SSSR count). The fraction of sp³-hybridized carbons (Fsp3) is 0.611. The minimum Gasteiger partial charge on any atom is -0.508 e. The van der Waals surface area contributed by atoms with Crippen molar-refractivity contribution in [2.75, 3.05) is 32.8 Å². The van der Waals surface area contributed by atoms with Crippen molar-refractivity contribution in [2.45, 2.75) is 229 Å². The maximum Gasteiger partial charge on any atom is 0.326 e. The van der Waals surface area contributed by atoms with E-state index in [-0.39, 0.29) is 50.0 Å². The number of rotatable bonds is 58. The van der Waals surface area contributed by atoms with Crippen molar-refractivity contribution in [1.29, 1.82) is 5.41 Å². The number of aliphatic hydroxyl groups excluding tert-OH is 4. The second-order valence-corrected chi connectivity index (χ2v) is 29.1. The molecule has 0 aliphatic rings. The fourth-order valence-corrected chi connectivity index (χ4v) is 11.2. The van der Waals surface area contributed by atoms with Crippen molar-refractivity contribution >= 4 is 130 Å². The summed E-state index contributed by atoms with van der Waals surface area (Å²) in [6.45, 7) is 6.96. The minimum atomic E-state index is -2.19. The Kier molecular flexibility index (Phi) is 47.6. The molecule has 0 saturated heterocycles. The van der Waals surface area contributed by atoms with E-state index in [9.17, 15) is 142 Å². The summed E-state index contributed by atoms with van der Waals surface area (Å²) in [4.78, 5) is 277. The number of hydrogen-bond acceptors (Lipinski definition) is 28. The van der Waals surface area contributed by atoms with Gasteiger partial charge in [-0.1, -0.05) is 66.5 Å². The highest BCUT2D eigenvalue weighted by molar-refractivity contribution is 6.02. The van der Waals surface area contributed by atoms with Gasteiger partial charge in [-0.15, -0.1) is 0 Å². The number of carbonyl (C=O) groups excluding carboxylic acids is 18. The number of nitrogens with two attached hydrogens (primary N) is 5. The van der Waals surface area contributed by atoms with Gasteiger partial charge in [-0.25, -0.2) is 4.79 Å². The van der Waals surface area contributed by atoms with Crippen LogP contribution in [0, 0.1) is 23.2 Å². The Labute approximate surface area is 703 Å². The summed E-state index contributed by atoms with van der Waals surface area (Å²) in [7, 11) is 0. The van der Waals surface area contributed by atoms with Gasteiger partial charge in [0.2, 0.25) is 106 Å². The number of primary amides is 3. The van der Waals surface area contributed by atoms with Gasteiger partial charge in [0.1, 0.15) is 84.3 Å².